The Labute approximate surface area is 90.4 Å². The van der Waals surface area contributed by atoms with Crippen LogP contribution in [0.2, 0.25) is 0 Å². The van der Waals surface area contributed by atoms with Gasteiger partial charge in [-0.2, -0.15) is 0 Å². The van der Waals surface area contributed by atoms with Gasteiger partial charge in [0.05, 0.1) is 0 Å². The van der Waals surface area contributed by atoms with Crippen LogP contribution in [0.4, 0.5) is 4.79 Å². The maximum Gasteiger partial charge on any atom is 0.280 e. The monoisotopic (exact) mass is 221 g/mol. The smallest absolute Gasteiger partial charge is 0.280 e. The van der Waals surface area contributed by atoms with E-state index in [4.69, 9.17) is 0 Å². The van der Waals surface area contributed by atoms with Crippen LogP contribution in [0.25, 0.3) is 0 Å². The van der Waals surface area contributed by atoms with Crippen LogP contribution in [-0.4, -0.2) is 16.5 Å². The van der Waals surface area contributed by atoms with Crippen LogP contribution in [0, 0.1) is 6.92 Å². The molecule has 1 N–H and O–H groups in total. The highest BCUT2D eigenvalue weighted by Gasteiger charge is 2.19. The van der Waals surface area contributed by atoms with Gasteiger partial charge in [-0.1, -0.05) is 40.3 Å². The van der Waals surface area contributed by atoms with Crippen molar-refractivity contribution in [1.82, 2.24) is 5.32 Å². The molecule has 1 atom stereocenters. The minimum Gasteiger partial charge on any atom is -0.283 e. The zero-order valence-corrected chi connectivity index (χ0v) is 9.14. The molecule has 1 aliphatic rings. The van der Waals surface area contributed by atoms with E-state index < -0.39 is 10.5 Å². The first-order chi connectivity index (χ1) is 7.15. The number of imide groups is 1. The second-order valence-corrected chi connectivity index (χ2v) is 5.21. The van der Waals surface area contributed by atoms with Crippen molar-refractivity contribution in [2.24, 2.45) is 0 Å². The highest BCUT2D eigenvalue weighted by atomic mass is 32.2. The normalized spacial score (nSPS) is 19.9. The van der Waals surface area contributed by atoms with Crippen molar-refractivity contribution in [3.63, 3.8) is 0 Å². The Bertz CT molecular complexity index is 448. The van der Waals surface area contributed by atoms with Crippen LogP contribution in [0.5, 0.6) is 0 Å². The van der Waals surface area contributed by atoms with E-state index in [0.29, 0.717) is 5.75 Å². The Balaban J connectivity index is 2.16. The molecule has 78 valence electrons. The molecule has 0 radical (unpaired) electrons. The summed E-state index contributed by atoms with van der Waals surface area (Å²) in [7, 11) is -0.584. The molecular formula is C11H11NO2S. The number of amides is 2. The fourth-order valence-corrected chi connectivity index (χ4v) is 2.77. The van der Waals surface area contributed by atoms with E-state index in [1.165, 1.54) is 10.9 Å². The number of hydrogen-bond acceptors (Lipinski definition) is 2. The van der Waals surface area contributed by atoms with Crippen LogP contribution >= 0.6 is 10.5 Å². The van der Waals surface area contributed by atoms with Gasteiger partial charge in [0.1, 0.15) is 0 Å². The molecule has 1 unspecified atom stereocenters. The van der Waals surface area contributed by atoms with Gasteiger partial charge in [0.2, 0.25) is 0 Å². The van der Waals surface area contributed by atoms with Gasteiger partial charge in [-0.15, -0.1) is 0 Å². The van der Waals surface area contributed by atoms with E-state index in [-0.39, 0.29) is 11.1 Å². The van der Waals surface area contributed by atoms with Crippen molar-refractivity contribution in [3.05, 3.63) is 35.4 Å². The maximum atomic E-state index is 11.3. The average molecular weight is 221 g/mol. The number of aryl methyl sites for hydroxylation is 1. The molecule has 2 rings (SSSR count). The molecule has 0 bridgehead atoms. The first kappa shape index (κ1) is 10.1. The summed E-state index contributed by atoms with van der Waals surface area (Å²) >= 11 is 0. The molecule has 0 fully saturated rings. The molecule has 1 heterocycles. The number of benzene rings is 1. The lowest BCUT2D eigenvalue weighted by molar-refractivity contribution is -0.113. The molecule has 1 aromatic carbocycles. The first-order valence-electron chi connectivity index (χ1n) is 4.60. The molecule has 0 aromatic heterocycles. The summed E-state index contributed by atoms with van der Waals surface area (Å²) in [5, 5.41) is 3.59. The van der Waals surface area contributed by atoms with Gasteiger partial charge in [-0.25, -0.2) is 0 Å². The van der Waals surface area contributed by atoms with E-state index in [2.05, 4.69) is 5.32 Å². The third-order valence-corrected chi connectivity index (χ3v) is 3.88. The van der Waals surface area contributed by atoms with Gasteiger partial charge in [0.25, 0.3) is 11.1 Å². The lowest BCUT2D eigenvalue weighted by Crippen LogP contribution is -2.20. The molecular weight excluding hydrogens is 210 g/mol. The third kappa shape index (κ3) is 2.33. The second-order valence-electron chi connectivity index (χ2n) is 3.45. The molecule has 2 amide bonds. The predicted octanol–water partition coefficient (Wildman–Crippen LogP) is 1.82. The summed E-state index contributed by atoms with van der Waals surface area (Å²) in [5.41, 5.74) is 2.28. The summed E-state index contributed by atoms with van der Waals surface area (Å²) in [6, 6.07) is 8.00. The number of hydrogen-bond donors (Lipinski definition) is 1. The van der Waals surface area contributed by atoms with E-state index in [0.717, 1.165) is 5.56 Å². The molecule has 1 aliphatic heterocycles. The SMILES string of the molecule is Cc1ccc(CS2=CC(=O)NC2=O)cc1. The predicted molar refractivity (Wildman–Crippen MR) is 62.1 cm³/mol. The largest absolute Gasteiger partial charge is 0.283 e. The molecule has 1 aromatic rings. The zero-order valence-electron chi connectivity index (χ0n) is 8.32. The Morgan fingerprint density at radius 1 is 1.20 bits per heavy atom. The lowest BCUT2D eigenvalue weighted by Gasteiger charge is -2.02. The highest BCUT2D eigenvalue weighted by molar-refractivity contribution is 8.28. The maximum absolute atomic E-state index is 11.3. The quantitative estimate of drug-likeness (QED) is 0.774. The summed E-state index contributed by atoms with van der Waals surface area (Å²) in [6.45, 7) is 2.02. The molecule has 3 nitrogen and oxygen atoms in total. The van der Waals surface area contributed by atoms with Crippen molar-refractivity contribution >= 4 is 27.0 Å². The third-order valence-electron chi connectivity index (χ3n) is 2.16. The molecule has 0 spiro atoms. The molecule has 0 aliphatic carbocycles. The molecule has 0 saturated carbocycles. The Morgan fingerprint density at radius 3 is 2.40 bits per heavy atom. The van der Waals surface area contributed by atoms with Crippen molar-refractivity contribution in [1.29, 1.82) is 0 Å². The zero-order chi connectivity index (χ0) is 10.8. The van der Waals surface area contributed by atoms with Crippen molar-refractivity contribution < 1.29 is 9.59 Å². The van der Waals surface area contributed by atoms with Crippen molar-refractivity contribution in [2.75, 3.05) is 0 Å². The minimum absolute atomic E-state index is 0.166. The minimum atomic E-state index is -0.584. The van der Waals surface area contributed by atoms with Gasteiger partial charge in [0.15, 0.2) is 0 Å². The van der Waals surface area contributed by atoms with E-state index in [9.17, 15) is 9.59 Å². The number of nitrogens with one attached hydrogen (secondary N) is 1. The van der Waals surface area contributed by atoms with Gasteiger partial charge in [-0.3, -0.25) is 14.9 Å². The Kier molecular flexibility index (Phi) is 2.68. The molecule has 4 heteroatoms. The van der Waals surface area contributed by atoms with E-state index in [1.807, 2.05) is 31.2 Å². The van der Waals surface area contributed by atoms with Gasteiger partial charge >= 0.3 is 0 Å². The highest BCUT2D eigenvalue weighted by Crippen LogP contribution is 2.23. The first-order valence-corrected chi connectivity index (χ1v) is 6.06. The lowest BCUT2D eigenvalue weighted by atomic mass is 10.2. The van der Waals surface area contributed by atoms with E-state index >= 15 is 0 Å². The summed E-state index contributed by atoms with van der Waals surface area (Å²) in [4.78, 5) is 22.2. The second kappa shape index (κ2) is 3.98. The van der Waals surface area contributed by atoms with Crippen LogP contribution < -0.4 is 5.32 Å². The standard InChI is InChI=1S/C11H11NO2S/c1-8-2-4-9(5-3-8)6-15-7-10(13)12-11(15)14/h2-5,7H,6H2,1H3,(H,12,13,14). The number of carbonyl (C=O) groups is 2. The van der Waals surface area contributed by atoms with Crippen LogP contribution in [0.3, 0.4) is 0 Å². The molecule has 15 heavy (non-hydrogen) atoms. The Morgan fingerprint density at radius 2 is 1.87 bits per heavy atom. The van der Waals surface area contributed by atoms with E-state index in [1.54, 1.807) is 0 Å². The van der Waals surface area contributed by atoms with Crippen molar-refractivity contribution in [2.45, 2.75) is 12.7 Å². The fourth-order valence-electron chi connectivity index (χ4n) is 1.35. The van der Waals surface area contributed by atoms with Crippen LogP contribution in [0.15, 0.2) is 24.3 Å². The fraction of sp³-hybridized carbons (Fsp3) is 0.182. The van der Waals surface area contributed by atoms with Crippen LogP contribution in [0.1, 0.15) is 11.1 Å². The van der Waals surface area contributed by atoms with Gasteiger partial charge in [0, 0.05) is 11.1 Å². The Hall–Kier alpha value is -1.42. The summed E-state index contributed by atoms with van der Waals surface area (Å²) in [6.07, 6.45) is 0. The van der Waals surface area contributed by atoms with Gasteiger partial charge < -0.3 is 0 Å². The van der Waals surface area contributed by atoms with Crippen molar-refractivity contribution in [3.8, 4) is 0 Å². The van der Waals surface area contributed by atoms with Crippen LogP contribution in [-0.2, 0) is 10.5 Å². The topological polar surface area (TPSA) is 46.2 Å². The average Bonchev–Trinajstić information content (AvgIpc) is 2.49. The number of carbonyl (C=O) groups excluding carboxylic acids is 2. The summed E-state index contributed by atoms with van der Waals surface area (Å²) in [5.74, 6) is 0.355. The summed E-state index contributed by atoms with van der Waals surface area (Å²) < 4.78 is 0. The number of rotatable bonds is 2. The van der Waals surface area contributed by atoms with Gasteiger partial charge in [-0.05, 0) is 12.5 Å². The molecule has 0 saturated heterocycles.